The Morgan fingerprint density at radius 3 is 1.06 bits per heavy atom. The van der Waals surface area contributed by atoms with Gasteiger partial charge in [-0.2, -0.15) is 21.6 Å². The van der Waals surface area contributed by atoms with Crippen molar-refractivity contribution in [3.05, 3.63) is 65.2 Å². The Balaban J connectivity index is 0.00000126. The number of rotatable bonds is 18. The molecule has 0 aliphatic rings. The van der Waals surface area contributed by atoms with Gasteiger partial charge >= 0.3 is 5.71 Å². The summed E-state index contributed by atoms with van der Waals surface area (Å²) in [4.78, 5) is 31.6. The minimum absolute atomic E-state index is 0.0533. The molecule has 0 heterocycles. The summed E-state index contributed by atoms with van der Waals surface area (Å²) in [6.45, 7) is 20.2. The lowest BCUT2D eigenvalue weighted by atomic mass is 9.99. The number of ketones is 2. The van der Waals surface area contributed by atoms with E-state index in [1.54, 1.807) is 0 Å². The Morgan fingerprint density at radius 1 is 0.596 bits per heavy atom. The summed E-state index contributed by atoms with van der Waals surface area (Å²) in [7, 11) is -8.56. The van der Waals surface area contributed by atoms with Gasteiger partial charge in [-0.3, -0.25) is 18.7 Å². The fourth-order valence-corrected chi connectivity index (χ4v) is 5.37. The first kappa shape index (κ1) is 43.9. The largest absolute Gasteiger partial charge is 0.400 e. The molecular weight excluding hydrogens is 645 g/mol. The normalized spacial score (nSPS) is 11.2. The van der Waals surface area contributed by atoms with E-state index in [9.17, 15) is 26.4 Å². The number of Topliss-reactive ketones (excluding diaryl/α,β-unsaturated/α-hetero) is 2. The maximum Gasteiger partial charge on any atom is 0.400 e. The van der Waals surface area contributed by atoms with Crippen molar-refractivity contribution < 1.29 is 40.3 Å². The number of nitrogens with zero attached hydrogens (tertiary/aromatic N) is 4. The van der Waals surface area contributed by atoms with Crippen molar-refractivity contribution in [1.29, 1.82) is 0 Å². The van der Waals surface area contributed by atoms with Crippen LogP contribution in [0.4, 0.5) is 0 Å². The van der Waals surface area contributed by atoms with Crippen molar-refractivity contribution in [3.8, 4) is 0 Å². The predicted octanol–water partition coefficient (Wildman–Crippen LogP) is 5.03. The molecule has 0 radical (unpaired) electrons. The zero-order valence-corrected chi connectivity index (χ0v) is 30.2. The van der Waals surface area contributed by atoms with Crippen LogP contribution in [0.25, 0.3) is 5.53 Å². The Hall–Kier alpha value is -3.10. The maximum atomic E-state index is 12.3. The van der Waals surface area contributed by atoms with Gasteiger partial charge in [0.15, 0.2) is 0 Å². The third-order valence-electron chi connectivity index (χ3n) is 7.49. The van der Waals surface area contributed by atoms with E-state index in [2.05, 4.69) is 56.1 Å². The summed E-state index contributed by atoms with van der Waals surface area (Å²) in [6.07, 6.45) is 1.37. The molecule has 0 saturated heterocycles. The summed E-state index contributed by atoms with van der Waals surface area (Å²) < 4.78 is 62.1. The van der Waals surface area contributed by atoms with Gasteiger partial charge in [0.1, 0.15) is 0 Å². The molecule has 0 atom stereocenters. The molecule has 2 aromatic carbocycles. The highest BCUT2D eigenvalue weighted by Gasteiger charge is 2.27. The third-order valence-corrected chi connectivity index (χ3v) is 9.23. The second-order valence-electron chi connectivity index (χ2n) is 10.5. The summed E-state index contributed by atoms with van der Waals surface area (Å²) in [5.41, 5.74) is 10.0. The van der Waals surface area contributed by atoms with Gasteiger partial charge in [0.2, 0.25) is 11.6 Å². The molecule has 47 heavy (non-hydrogen) atoms. The molecule has 2 rings (SSSR count). The highest BCUT2D eigenvalue weighted by Crippen LogP contribution is 2.14. The molecule has 12 nitrogen and oxygen atoms in total. The van der Waals surface area contributed by atoms with E-state index >= 15 is 0 Å². The van der Waals surface area contributed by atoms with Crippen molar-refractivity contribution >= 4 is 37.5 Å². The number of aryl methyl sites for hydroxylation is 2. The van der Waals surface area contributed by atoms with Gasteiger partial charge in [-0.25, -0.2) is 0 Å². The molecule has 0 fully saturated rings. The van der Waals surface area contributed by atoms with Gasteiger partial charge in [-0.15, -0.1) is 0 Å². The molecule has 2 N–H and O–H groups in total. The van der Waals surface area contributed by atoms with Crippen LogP contribution in [0.3, 0.4) is 0 Å². The van der Waals surface area contributed by atoms with Crippen molar-refractivity contribution in [2.45, 2.75) is 89.9 Å². The highest BCUT2D eigenvalue weighted by atomic mass is 32.2. The minimum atomic E-state index is -4.28. The van der Waals surface area contributed by atoms with E-state index in [4.69, 9.17) is 14.6 Å². The fraction of sp³-hybridized carbons (Fsp3) is 0.545. The van der Waals surface area contributed by atoms with Gasteiger partial charge in [0.25, 0.3) is 20.2 Å². The Bertz CT molecular complexity index is 1360. The molecule has 14 heteroatoms. The van der Waals surface area contributed by atoms with Crippen LogP contribution in [0.5, 0.6) is 0 Å². The first-order valence-electron chi connectivity index (χ1n) is 16.0. The standard InChI is InChI=1S/C21H22N2O8S2.2C6H15N/c22-23-21(19(24)5-1-3-15-7-11-17(12-8-15)32(26,27)28)20(25)6-2-4-16-9-13-18(14-10-16)33(29,30)31;2*1-4-7(5-2)6-3/h7-14H,1-6H2,(H,26,27,28)(H,29,30,31);2*4-6H2,1-3H3. The van der Waals surface area contributed by atoms with Crippen LogP contribution in [0, 0.1) is 0 Å². The second kappa shape index (κ2) is 23.3. The van der Waals surface area contributed by atoms with Crippen LogP contribution in [0.2, 0.25) is 0 Å². The number of carbonyl (C=O) groups is 2. The monoisotopic (exact) mass is 696 g/mol. The van der Waals surface area contributed by atoms with Crippen molar-refractivity contribution in [3.63, 3.8) is 0 Å². The Morgan fingerprint density at radius 2 is 0.872 bits per heavy atom. The van der Waals surface area contributed by atoms with Crippen LogP contribution >= 0.6 is 0 Å². The third kappa shape index (κ3) is 18.1. The van der Waals surface area contributed by atoms with E-state index in [0.717, 1.165) is 11.1 Å². The minimum Gasteiger partial charge on any atom is -0.360 e. The van der Waals surface area contributed by atoms with Crippen molar-refractivity contribution in [2.75, 3.05) is 39.3 Å². The molecule has 0 bridgehead atoms. The lowest BCUT2D eigenvalue weighted by Crippen LogP contribution is -2.25. The van der Waals surface area contributed by atoms with Gasteiger partial charge in [-0.1, -0.05) is 65.8 Å². The molecule has 0 aromatic heterocycles. The summed E-state index contributed by atoms with van der Waals surface area (Å²) in [5, 5.41) is 0. The summed E-state index contributed by atoms with van der Waals surface area (Å²) in [6, 6.07) is 11.0. The first-order chi connectivity index (χ1) is 22.1. The van der Waals surface area contributed by atoms with Crippen LogP contribution < -0.4 is 0 Å². The van der Waals surface area contributed by atoms with E-state index in [-0.39, 0.29) is 22.6 Å². The molecule has 0 amide bonds. The fourth-order valence-electron chi connectivity index (χ4n) is 4.41. The van der Waals surface area contributed by atoms with Gasteiger partial charge in [-0.05, 0) is 100 Å². The van der Waals surface area contributed by atoms with Gasteiger partial charge < -0.3 is 15.3 Å². The lowest BCUT2D eigenvalue weighted by molar-refractivity contribution is -0.124. The molecular formula is C33H52N4O8S2. The van der Waals surface area contributed by atoms with Crippen LogP contribution in [0.15, 0.2) is 58.3 Å². The zero-order valence-electron chi connectivity index (χ0n) is 28.6. The molecule has 0 saturated carbocycles. The average Bonchev–Trinajstić information content (AvgIpc) is 3.03. The SMILES string of the molecule is CCN(CC)CC.CCN(CC)CC.[N-]=[N+]=C(C(=O)CCCc1ccc(S(=O)(=O)O)cc1)C(=O)CCCc1ccc(S(=O)(=O)O)cc1. The first-order valence-corrected chi connectivity index (χ1v) is 18.8. The average molecular weight is 697 g/mol. The summed E-state index contributed by atoms with van der Waals surface area (Å²) in [5.74, 6) is -1.23. The topological polar surface area (TPSA) is 186 Å². The van der Waals surface area contributed by atoms with Crippen LogP contribution in [0.1, 0.15) is 78.4 Å². The summed E-state index contributed by atoms with van der Waals surface area (Å²) >= 11 is 0. The second-order valence-corrected chi connectivity index (χ2v) is 13.3. The lowest BCUT2D eigenvalue weighted by Gasteiger charge is -2.13. The molecule has 2 aromatic rings. The quantitative estimate of drug-likeness (QED) is 0.0704. The predicted molar refractivity (Wildman–Crippen MR) is 184 cm³/mol. The molecule has 0 aliphatic heterocycles. The Labute approximate surface area is 281 Å². The number of hydrogen-bond donors (Lipinski definition) is 2. The molecule has 0 spiro atoms. The number of carbonyl (C=O) groups excluding carboxylic acids is 2. The van der Waals surface area contributed by atoms with E-state index in [1.807, 2.05) is 0 Å². The number of hydrogen-bond acceptors (Lipinski definition) is 8. The highest BCUT2D eigenvalue weighted by molar-refractivity contribution is 7.86. The van der Waals surface area contributed by atoms with Crippen LogP contribution in [-0.4, -0.2) is 97.1 Å². The van der Waals surface area contributed by atoms with E-state index in [1.165, 1.54) is 87.8 Å². The smallest absolute Gasteiger partial charge is 0.360 e. The van der Waals surface area contributed by atoms with E-state index < -0.39 is 37.5 Å². The van der Waals surface area contributed by atoms with Crippen molar-refractivity contribution in [2.24, 2.45) is 0 Å². The van der Waals surface area contributed by atoms with Gasteiger partial charge in [0, 0.05) is 12.8 Å². The van der Waals surface area contributed by atoms with E-state index in [0.29, 0.717) is 25.7 Å². The number of benzene rings is 2. The maximum absolute atomic E-state index is 12.3. The van der Waals surface area contributed by atoms with Gasteiger partial charge in [0.05, 0.1) is 9.79 Å². The van der Waals surface area contributed by atoms with Crippen molar-refractivity contribution in [1.82, 2.24) is 9.80 Å². The van der Waals surface area contributed by atoms with Crippen LogP contribution in [-0.2, 0) is 42.7 Å². The zero-order chi connectivity index (χ0) is 36.0. The Kier molecular flexibility index (Phi) is 21.7. The molecule has 0 unspecified atom stereocenters. The molecule has 0 aliphatic carbocycles. The molecule has 264 valence electrons.